The molecule has 2 heteroatoms. The average Bonchev–Trinajstić information content (AvgIpc) is 2.68. The van der Waals surface area contributed by atoms with E-state index < -0.39 is 0 Å². The fraction of sp³-hybridized carbons (Fsp3) is 0.250. The lowest BCUT2D eigenvalue weighted by Crippen LogP contribution is -2.24. The Balaban J connectivity index is 2.14. The summed E-state index contributed by atoms with van der Waals surface area (Å²) in [6.45, 7) is 4.41. The predicted octanol–water partition coefficient (Wildman–Crippen LogP) is 3.66. The molecular weight excluding hydrogens is 220 g/mol. The van der Waals surface area contributed by atoms with Gasteiger partial charge in [-0.1, -0.05) is 24.3 Å². The first kappa shape index (κ1) is 11.1. The third kappa shape index (κ3) is 1.65. The van der Waals surface area contributed by atoms with Gasteiger partial charge < -0.3 is 10.6 Å². The Labute approximate surface area is 108 Å². The molecule has 0 bridgehead atoms. The van der Waals surface area contributed by atoms with Gasteiger partial charge in [0.05, 0.1) is 0 Å². The maximum atomic E-state index is 5.93. The van der Waals surface area contributed by atoms with Crippen LogP contribution in [0.2, 0.25) is 0 Å². The highest BCUT2D eigenvalue weighted by Crippen LogP contribution is 2.39. The predicted molar refractivity (Wildman–Crippen MR) is 77.3 cm³/mol. The van der Waals surface area contributed by atoms with Crippen molar-refractivity contribution in [2.45, 2.75) is 26.3 Å². The van der Waals surface area contributed by atoms with E-state index >= 15 is 0 Å². The molecule has 1 aliphatic rings. The Hall–Kier alpha value is -1.96. The number of para-hydroxylation sites is 1. The van der Waals surface area contributed by atoms with Crippen LogP contribution in [0.15, 0.2) is 42.5 Å². The van der Waals surface area contributed by atoms with Crippen LogP contribution in [0, 0.1) is 6.92 Å². The lowest BCUT2D eigenvalue weighted by Gasteiger charge is -2.27. The number of hydrogen-bond donors (Lipinski definition) is 1. The molecule has 0 saturated heterocycles. The average molecular weight is 238 g/mol. The molecule has 1 atom stereocenters. The van der Waals surface area contributed by atoms with Crippen LogP contribution < -0.4 is 10.6 Å². The molecule has 0 saturated carbocycles. The van der Waals surface area contributed by atoms with Crippen molar-refractivity contribution in [1.29, 1.82) is 0 Å². The second-order valence-corrected chi connectivity index (χ2v) is 5.10. The monoisotopic (exact) mass is 238 g/mol. The summed E-state index contributed by atoms with van der Waals surface area (Å²) in [7, 11) is 0. The minimum atomic E-state index is 0.489. The number of benzene rings is 2. The number of nitrogens with two attached hydrogens (primary N) is 1. The molecule has 0 aliphatic carbocycles. The third-order valence-corrected chi connectivity index (χ3v) is 3.70. The smallest absolute Gasteiger partial charge is 0.0463 e. The van der Waals surface area contributed by atoms with E-state index in [4.69, 9.17) is 5.73 Å². The van der Waals surface area contributed by atoms with Gasteiger partial charge in [0.2, 0.25) is 0 Å². The molecule has 0 fully saturated rings. The van der Waals surface area contributed by atoms with E-state index in [1.165, 1.54) is 22.5 Å². The molecular formula is C16H18N2. The summed E-state index contributed by atoms with van der Waals surface area (Å²) >= 11 is 0. The molecule has 2 aromatic carbocycles. The van der Waals surface area contributed by atoms with Gasteiger partial charge in [-0.2, -0.15) is 0 Å². The summed E-state index contributed by atoms with van der Waals surface area (Å²) < 4.78 is 0. The van der Waals surface area contributed by atoms with Gasteiger partial charge in [-0.15, -0.1) is 0 Å². The minimum absolute atomic E-state index is 0.489. The largest absolute Gasteiger partial charge is 0.399 e. The molecule has 2 N–H and O–H groups in total. The summed E-state index contributed by atoms with van der Waals surface area (Å²) in [5, 5.41) is 0. The second-order valence-electron chi connectivity index (χ2n) is 5.10. The zero-order valence-electron chi connectivity index (χ0n) is 10.9. The third-order valence-electron chi connectivity index (χ3n) is 3.70. The first-order valence-electron chi connectivity index (χ1n) is 6.40. The van der Waals surface area contributed by atoms with Gasteiger partial charge in [0.1, 0.15) is 0 Å². The SMILES string of the molecule is Cc1ccc(N)cc1N1c2ccccc2CC1C. The molecule has 0 amide bonds. The Morgan fingerprint density at radius 2 is 1.89 bits per heavy atom. The van der Waals surface area contributed by atoms with Crippen LogP contribution in [-0.4, -0.2) is 6.04 Å². The number of hydrogen-bond acceptors (Lipinski definition) is 2. The molecule has 92 valence electrons. The van der Waals surface area contributed by atoms with Crippen LogP contribution in [0.25, 0.3) is 0 Å². The summed E-state index contributed by atoms with van der Waals surface area (Å²) in [4.78, 5) is 2.40. The first-order valence-corrected chi connectivity index (χ1v) is 6.40. The van der Waals surface area contributed by atoms with Crippen molar-refractivity contribution in [3.63, 3.8) is 0 Å². The van der Waals surface area contributed by atoms with Crippen molar-refractivity contribution in [2.75, 3.05) is 10.6 Å². The van der Waals surface area contributed by atoms with Crippen molar-refractivity contribution in [3.8, 4) is 0 Å². The van der Waals surface area contributed by atoms with Crippen LogP contribution in [0.4, 0.5) is 17.1 Å². The lowest BCUT2D eigenvalue weighted by atomic mass is 10.1. The maximum Gasteiger partial charge on any atom is 0.0463 e. The van der Waals surface area contributed by atoms with Crippen LogP contribution in [0.1, 0.15) is 18.1 Å². The van der Waals surface area contributed by atoms with Crippen molar-refractivity contribution in [1.82, 2.24) is 0 Å². The maximum absolute atomic E-state index is 5.93. The van der Waals surface area contributed by atoms with E-state index in [2.05, 4.69) is 55.1 Å². The van der Waals surface area contributed by atoms with E-state index in [0.717, 1.165) is 12.1 Å². The number of aryl methyl sites for hydroxylation is 1. The molecule has 0 aromatic heterocycles. The summed E-state index contributed by atoms with van der Waals surface area (Å²) in [6.07, 6.45) is 1.10. The van der Waals surface area contributed by atoms with Crippen molar-refractivity contribution in [3.05, 3.63) is 53.6 Å². The highest BCUT2D eigenvalue weighted by Gasteiger charge is 2.27. The number of fused-ring (bicyclic) bond motifs is 1. The fourth-order valence-electron chi connectivity index (χ4n) is 2.82. The zero-order valence-corrected chi connectivity index (χ0v) is 10.9. The van der Waals surface area contributed by atoms with E-state index in [1.54, 1.807) is 0 Å². The molecule has 2 aromatic rings. The van der Waals surface area contributed by atoms with Gasteiger partial charge >= 0.3 is 0 Å². The summed E-state index contributed by atoms with van der Waals surface area (Å²) in [6, 6.07) is 15.3. The van der Waals surface area contributed by atoms with Crippen LogP contribution in [0.5, 0.6) is 0 Å². The molecule has 1 unspecified atom stereocenters. The minimum Gasteiger partial charge on any atom is -0.399 e. The van der Waals surface area contributed by atoms with Gasteiger partial charge in [0.25, 0.3) is 0 Å². The number of rotatable bonds is 1. The van der Waals surface area contributed by atoms with Gasteiger partial charge in [0, 0.05) is 23.1 Å². The second kappa shape index (κ2) is 4.05. The van der Waals surface area contributed by atoms with Crippen LogP contribution in [0.3, 0.4) is 0 Å². The van der Waals surface area contributed by atoms with E-state index in [0.29, 0.717) is 6.04 Å². The Bertz CT molecular complexity index is 589. The number of anilines is 3. The standard InChI is InChI=1S/C16H18N2/c1-11-7-8-14(17)10-16(11)18-12(2)9-13-5-3-4-6-15(13)18/h3-8,10,12H,9,17H2,1-2H3. The van der Waals surface area contributed by atoms with Crippen molar-refractivity contribution >= 4 is 17.1 Å². The van der Waals surface area contributed by atoms with Crippen molar-refractivity contribution in [2.24, 2.45) is 0 Å². The molecule has 3 rings (SSSR count). The molecule has 1 heterocycles. The zero-order chi connectivity index (χ0) is 12.7. The highest BCUT2D eigenvalue weighted by atomic mass is 15.2. The Morgan fingerprint density at radius 3 is 2.72 bits per heavy atom. The molecule has 0 radical (unpaired) electrons. The first-order chi connectivity index (χ1) is 8.66. The lowest BCUT2D eigenvalue weighted by molar-refractivity contribution is 0.757. The van der Waals surface area contributed by atoms with Crippen LogP contribution >= 0.6 is 0 Å². The molecule has 0 spiro atoms. The van der Waals surface area contributed by atoms with Gasteiger partial charge in [-0.05, 0) is 49.6 Å². The number of nitrogen functional groups attached to an aromatic ring is 1. The van der Waals surface area contributed by atoms with E-state index in [9.17, 15) is 0 Å². The highest BCUT2D eigenvalue weighted by molar-refractivity contribution is 5.75. The Morgan fingerprint density at radius 1 is 1.11 bits per heavy atom. The van der Waals surface area contributed by atoms with E-state index in [1.807, 2.05) is 6.07 Å². The fourth-order valence-corrected chi connectivity index (χ4v) is 2.82. The van der Waals surface area contributed by atoms with Gasteiger partial charge in [-0.3, -0.25) is 0 Å². The quantitative estimate of drug-likeness (QED) is 0.768. The van der Waals surface area contributed by atoms with Gasteiger partial charge in [0.15, 0.2) is 0 Å². The van der Waals surface area contributed by atoms with Gasteiger partial charge in [-0.25, -0.2) is 0 Å². The van der Waals surface area contributed by atoms with Crippen LogP contribution in [-0.2, 0) is 6.42 Å². The number of nitrogens with zero attached hydrogens (tertiary/aromatic N) is 1. The van der Waals surface area contributed by atoms with Crippen molar-refractivity contribution < 1.29 is 0 Å². The molecule has 18 heavy (non-hydrogen) atoms. The molecule has 2 nitrogen and oxygen atoms in total. The molecule has 1 aliphatic heterocycles. The Kier molecular flexibility index (Phi) is 2.51. The normalized spacial score (nSPS) is 17.9. The summed E-state index contributed by atoms with van der Waals surface area (Å²) in [5.41, 5.74) is 12.0. The van der Waals surface area contributed by atoms with E-state index in [-0.39, 0.29) is 0 Å². The topological polar surface area (TPSA) is 29.3 Å². The summed E-state index contributed by atoms with van der Waals surface area (Å²) in [5.74, 6) is 0.